The monoisotopic (exact) mass is 409 g/mol. The lowest BCUT2D eigenvalue weighted by molar-refractivity contribution is 0.215. The first-order chi connectivity index (χ1) is 11.4. The van der Waals surface area contributed by atoms with Crippen molar-refractivity contribution in [3.05, 3.63) is 51.1 Å². The van der Waals surface area contributed by atoms with E-state index in [1.54, 1.807) is 6.34 Å². The Morgan fingerprint density at radius 2 is 2.12 bits per heavy atom. The Hall–Kier alpha value is -1.59. The van der Waals surface area contributed by atoms with Crippen LogP contribution in [0.1, 0.15) is 31.2 Å². The smallest absolute Gasteiger partial charge is 0.228 e. The van der Waals surface area contributed by atoms with E-state index in [1.165, 1.54) is 0 Å². The Kier molecular flexibility index (Phi) is 6.63. The fraction of sp³-hybridized carbons (Fsp3) is 0.333. The molecule has 0 amide bonds. The van der Waals surface area contributed by atoms with Crippen LogP contribution in [0, 0.1) is 6.92 Å². The number of aliphatic imine (C=N–C) groups is 1. The van der Waals surface area contributed by atoms with E-state index in [1.807, 2.05) is 56.1 Å². The SMILES string of the molecule is CCN(C)C=Nc1cc(Br)c(OC(C)c2ccccc2Cl)nc1C. The van der Waals surface area contributed by atoms with Crippen molar-refractivity contribution in [2.75, 3.05) is 13.6 Å². The molecule has 2 aromatic rings. The third-order valence-corrected chi connectivity index (χ3v) is 4.54. The molecule has 128 valence electrons. The molecule has 0 aliphatic carbocycles. The zero-order valence-electron chi connectivity index (χ0n) is 14.3. The topological polar surface area (TPSA) is 37.7 Å². The summed E-state index contributed by atoms with van der Waals surface area (Å²) >= 11 is 9.75. The van der Waals surface area contributed by atoms with E-state index in [9.17, 15) is 0 Å². The fourth-order valence-corrected chi connectivity index (χ4v) is 2.73. The average Bonchev–Trinajstić information content (AvgIpc) is 2.56. The van der Waals surface area contributed by atoms with Gasteiger partial charge in [-0.3, -0.25) is 0 Å². The van der Waals surface area contributed by atoms with Crippen molar-refractivity contribution in [3.8, 4) is 5.88 Å². The van der Waals surface area contributed by atoms with Gasteiger partial charge in [-0.05, 0) is 48.8 Å². The van der Waals surface area contributed by atoms with Crippen LogP contribution in [0.5, 0.6) is 5.88 Å². The zero-order chi connectivity index (χ0) is 17.7. The number of rotatable bonds is 6. The largest absolute Gasteiger partial charge is 0.469 e. The molecule has 1 atom stereocenters. The minimum absolute atomic E-state index is 0.206. The molecule has 0 bridgehead atoms. The molecule has 1 unspecified atom stereocenters. The highest BCUT2D eigenvalue weighted by Gasteiger charge is 2.15. The number of aromatic nitrogens is 1. The van der Waals surface area contributed by atoms with Crippen molar-refractivity contribution in [2.45, 2.75) is 26.9 Å². The van der Waals surface area contributed by atoms with Crippen LogP contribution in [0.4, 0.5) is 5.69 Å². The molecule has 0 aliphatic heterocycles. The Bertz CT molecular complexity index is 736. The van der Waals surface area contributed by atoms with Crippen LogP contribution in [-0.2, 0) is 0 Å². The van der Waals surface area contributed by atoms with E-state index in [2.05, 4.69) is 32.8 Å². The van der Waals surface area contributed by atoms with Gasteiger partial charge < -0.3 is 9.64 Å². The Labute approximate surface area is 156 Å². The highest BCUT2D eigenvalue weighted by molar-refractivity contribution is 9.10. The van der Waals surface area contributed by atoms with Gasteiger partial charge >= 0.3 is 0 Å². The van der Waals surface area contributed by atoms with Crippen molar-refractivity contribution in [1.29, 1.82) is 0 Å². The summed E-state index contributed by atoms with van der Waals surface area (Å²) in [7, 11) is 1.98. The molecule has 1 heterocycles. The molecule has 6 heteroatoms. The first-order valence-electron chi connectivity index (χ1n) is 7.75. The molecule has 0 radical (unpaired) electrons. The van der Waals surface area contributed by atoms with Gasteiger partial charge in [-0.1, -0.05) is 29.8 Å². The Balaban J connectivity index is 2.22. The van der Waals surface area contributed by atoms with Gasteiger partial charge in [-0.2, -0.15) is 0 Å². The van der Waals surface area contributed by atoms with Gasteiger partial charge in [0.15, 0.2) is 0 Å². The third kappa shape index (κ3) is 4.71. The van der Waals surface area contributed by atoms with E-state index >= 15 is 0 Å². The number of nitrogens with zero attached hydrogens (tertiary/aromatic N) is 3. The van der Waals surface area contributed by atoms with Gasteiger partial charge in [0.1, 0.15) is 6.10 Å². The van der Waals surface area contributed by atoms with Gasteiger partial charge in [0, 0.05) is 24.2 Å². The van der Waals surface area contributed by atoms with Crippen LogP contribution < -0.4 is 4.74 Å². The maximum absolute atomic E-state index is 6.23. The molecule has 1 aromatic carbocycles. The molecular weight excluding hydrogens is 390 g/mol. The minimum Gasteiger partial charge on any atom is -0.469 e. The maximum Gasteiger partial charge on any atom is 0.228 e. The zero-order valence-corrected chi connectivity index (χ0v) is 16.6. The van der Waals surface area contributed by atoms with Crippen LogP contribution in [0.3, 0.4) is 0 Å². The van der Waals surface area contributed by atoms with E-state index in [4.69, 9.17) is 16.3 Å². The fourth-order valence-electron chi connectivity index (χ4n) is 2.04. The number of halogens is 2. The quantitative estimate of drug-likeness (QED) is 0.462. The summed E-state index contributed by atoms with van der Waals surface area (Å²) in [6.07, 6.45) is 1.59. The van der Waals surface area contributed by atoms with Gasteiger partial charge in [-0.25, -0.2) is 9.98 Å². The van der Waals surface area contributed by atoms with Crippen molar-refractivity contribution in [1.82, 2.24) is 9.88 Å². The van der Waals surface area contributed by atoms with E-state index in [-0.39, 0.29) is 6.10 Å². The van der Waals surface area contributed by atoms with Crippen molar-refractivity contribution in [3.63, 3.8) is 0 Å². The normalized spacial score (nSPS) is 12.4. The van der Waals surface area contributed by atoms with E-state index in [0.717, 1.165) is 28.0 Å². The van der Waals surface area contributed by atoms with Gasteiger partial charge in [-0.15, -0.1) is 0 Å². The van der Waals surface area contributed by atoms with Gasteiger partial charge in [0.2, 0.25) is 5.88 Å². The van der Waals surface area contributed by atoms with Gasteiger partial charge in [0.25, 0.3) is 0 Å². The summed E-state index contributed by atoms with van der Waals surface area (Å²) in [5, 5.41) is 0.682. The molecule has 1 aromatic heterocycles. The molecule has 0 spiro atoms. The molecule has 0 N–H and O–H groups in total. The summed E-state index contributed by atoms with van der Waals surface area (Å²) in [6, 6.07) is 9.56. The van der Waals surface area contributed by atoms with Crippen LogP contribution in [0.25, 0.3) is 0 Å². The maximum atomic E-state index is 6.23. The Morgan fingerprint density at radius 1 is 1.42 bits per heavy atom. The molecule has 0 aliphatic rings. The van der Waals surface area contributed by atoms with E-state index in [0.29, 0.717) is 10.9 Å². The van der Waals surface area contributed by atoms with Crippen LogP contribution in [-0.4, -0.2) is 29.8 Å². The number of aryl methyl sites for hydroxylation is 1. The van der Waals surface area contributed by atoms with Crippen molar-refractivity contribution in [2.24, 2.45) is 4.99 Å². The summed E-state index contributed by atoms with van der Waals surface area (Å²) in [5.41, 5.74) is 2.54. The predicted molar refractivity (Wildman–Crippen MR) is 104 cm³/mol. The summed E-state index contributed by atoms with van der Waals surface area (Å²) < 4.78 is 6.75. The van der Waals surface area contributed by atoms with Crippen LogP contribution in [0.2, 0.25) is 5.02 Å². The van der Waals surface area contributed by atoms with Crippen molar-refractivity contribution >= 4 is 39.6 Å². The first kappa shape index (κ1) is 18.7. The first-order valence-corrected chi connectivity index (χ1v) is 8.92. The molecular formula is C18H21BrClN3O. The average molecular weight is 411 g/mol. The van der Waals surface area contributed by atoms with Crippen LogP contribution in [0.15, 0.2) is 39.8 Å². The molecule has 0 saturated carbocycles. The predicted octanol–water partition coefficient (Wildman–Crippen LogP) is 5.56. The van der Waals surface area contributed by atoms with Crippen LogP contribution >= 0.6 is 27.5 Å². The standard InChI is InChI=1S/C18H21BrClN3O/c1-5-23(4)11-21-17-10-15(19)18(22-12(17)2)24-13(3)14-8-6-7-9-16(14)20/h6-11,13H,5H2,1-4H3. The number of hydrogen-bond donors (Lipinski definition) is 0. The third-order valence-electron chi connectivity index (χ3n) is 3.63. The lowest BCUT2D eigenvalue weighted by atomic mass is 10.1. The molecule has 2 rings (SSSR count). The number of ether oxygens (including phenoxy) is 1. The van der Waals surface area contributed by atoms with Crippen molar-refractivity contribution < 1.29 is 4.74 Å². The number of pyridine rings is 1. The highest BCUT2D eigenvalue weighted by Crippen LogP contribution is 2.33. The second-order valence-electron chi connectivity index (χ2n) is 5.48. The highest BCUT2D eigenvalue weighted by atomic mass is 79.9. The Morgan fingerprint density at radius 3 is 2.79 bits per heavy atom. The second-order valence-corrected chi connectivity index (χ2v) is 6.74. The molecule has 24 heavy (non-hydrogen) atoms. The lowest BCUT2D eigenvalue weighted by Crippen LogP contribution is -2.14. The summed E-state index contributed by atoms with van der Waals surface area (Å²) in [5.74, 6) is 0.530. The molecule has 0 fully saturated rings. The second kappa shape index (κ2) is 8.49. The minimum atomic E-state index is -0.206. The number of benzene rings is 1. The van der Waals surface area contributed by atoms with Gasteiger partial charge in [0.05, 0.1) is 22.2 Å². The molecule has 4 nitrogen and oxygen atoms in total. The molecule has 0 saturated heterocycles. The summed E-state index contributed by atoms with van der Waals surface area (Å²) in [4.78, 5) is 11.0. The summed E-state index contributed by atoms with van der Waals surface area (Å²) in [6.45, 7) is 6.83. The van der Waals surface area contributed by atoms with E-state index < -0.39 is 0 Å². The number of hydrogen-bond acceptors (Lipinski definition) is 3. The lowest BCUT2D eigenvalue weighted by Gasteiger charge is -2.17.